The van der Waals surface area contributed by atoms with E-state index in [0.717, 1.165) is 48.5 Å². The smallest absolute Gasteiger partial charge is 0.322 e. The normalized spacial score (nSPS) is 17.8. The number of aromatic nitrogens is 4. The summed E-state index contributed by atoms with van der Waals surface area (Å²) in [5, 5.41) is 11.4. The summed E-state index contributed by atoms with van der Waals surface area (Å²) in [7, 11) is 1.68. The minimum absolute atomic E-state index is 0.0462. The fourth-order valence-corrected chi connectivity index (χ4v) is 3.79. The summed E-state index contributed by atoms with van der Waals surface area (Å²) in [5.74, 6) is 1.72. The van der Waals surface area contributed by atoms with E-state index in [1.165, 1.54) is 0 Å². The Labute approximate surface area is 177 Å². The van der Waals surface area contributed by atoms with Crippen molar-refractivity contribution in [2.24, 2.45) is 0 Å². The molecule has 0 bridgehead atoms. The van der Waals surface area contributed by atoms with E-state index in [1.54, 1.807) is 11.6 Å². The van der Waals surface area contributed by atoms with E-state index in [9.17, 15) is 0 Å². The first-order valence-electron chi connectivity index (χ1n) is 10.6. The van der Waals surface area contributed by atoms with Gasteiger partial charge in [0.1, 0.15) is 11.9 Å². The molecule has 3 heterocycles. The van der Waals surface area contributed by atoms with Gasteiger partial charge in [0.2, 0.25) is 5.95 Å². The van der Waals surface area contributed by atoms with Gasteiger partial charge in [-0.15, -0.1) is 0 Å². The molecule has 1 unspecified atom stereocenters. The second kappa shape index (κ2) is 8.87. The Morgan fingerprint density at radius 3 is 2.73 bits per heavy atom. The van der Waals surface area contributed by atoms with Crippen molar-refractivity contribution in [2.75, 3.05) is 25.5 Å². The van der Waals surface area contributed by atoms with Crippen molar-refractivity contribution in [2.45, 2.75) is 51.7 Å². The highest BCUT2D eigenvalue weighted by atomic mass is 16.5. The molecule has 0 aliphatic carbocycles. The lowest BCUT2D eigenvalue weighted by molar-refractivity contribution is 0.153. The largest absolute Gasteiger partial charge is 0.496 e. The lowest BCUT2D eigenvalue weighted by Gasteiger charge is -2.23. The number of piperidine rings is 1. The van der Waals surface area contributed by atoms with Gasteiger partial charge in [0.05, 0.1) is 19.3 Å². The number of fused-ring (bicyclic) bond motifs is 1. The Bertz CT molecular complexity index is 996. The molecule has 1 fully saturated rings. The van der Waals surface area contributed by atoms with Crippen LogP contribution in [-0.2, 0) is 0 Å². The highest BCUT2D eigenvalue weighted by Gasteiger charge is 2.21. The highest BCUT2D eigenvalue weighted by Crippen LogP contribution is 2.29. The van der Waals surface area contributed by atoms with Crippen LogP contribution in [0.15, 0.2) is 30.5 Å². The molecule has 160 valence electrons. The van der Waals surface area contributed by atoms with Gasteiger partial charge in [-0.2, -0.15) is 19.6 Å². The van der Waals surface area contributed by atoms with Crippen molar-refractivity contribution < 1.29 is 9.47 Å². The van der Waals surface area contributed by atoms with E-state index in [-0.39, 0.29) is 12.1 Å². The fraction of sp³-hybridized carbons (Fsp3) is 0.500. The molecule has 2 atom stereocenters. The molecule has 1 aliphatic rings. The van der Waals surface area contributed by atoms with Gasteiger partial charge in [-0.1, -0.05) is 32.0 Å². The van der Waals surface area contributed by atoms with Crippen LogP contribution in [0.1, 0.15) is 56.7 Å². The molecule has 0 radical (unpaired) electrons. The average Bonchev–Trinajstić information content (AvgIpc) is 3.19. The van der Waals surface area contributed by atoms with Crippen molar-refractivity contribution in [3.8, 4) is 11.8 Å². The van der Waals surface area contributed by atoms with Crippen LogP contribution in [0.4, 0.5) is 5.95 Å². The van der Waals surface area contributed by atoms with Crippen molar-refractivity contribution in [1.29, 1.82) is 0 Å². The van der Waals surface area contributed by atoms with Crippen LogP contribution in [0, 0.1) is 0 Å². The highest BCUT2D eigenvalue weighted by molar-refractivity contribution is 5.53. The Kier molecular flexibility index (Phi) is 6.03. The van der Waals surface area contributed by atoms with Gasteiger partial charge in [0.25, 0.3) is 0 Å². The molecular formula is C22H30N6O2. The van der Waals surface area contributed by atoms with Crippen molar-refractivity contribution >= 4 is 11.6 Å². The summed E-state index contributed by atoms with van der Waals surface area (Å²) in [5.41, 5.74) is 2.88. The predicted octanol–water partition coefficient (Wildman–Crippen LogP) is 3.56. The average molecular weight is 411 g/mol. The van der Waals surface area contributed by atoms with Crippen LogP contribution in [0.25, 0.3) is 5.65 Å². The molecule has 8 heteroatoms. The zero-order valence-electron chi connectivity index (χ0n) is 18.1. The van der Waals surface area contributed by atoms with Crippen LogP contribution < -0.4 is 20.1 Å². The maximum absolute atomic E-state index is 6.15. The molecular weight excluding hydrogens is 380 g/mol. The summed E-state index contributed by atoms with van der Waals surface area (Å²) in [4.78, 5) is 9.38. The third-order valence-electron chi connectivity index (χ3n) is 5.47. The van der Waals surface area contributed by atoms with E-state index in [1.807, 2.05) is 30.5 Å². The summed E-state index contributed by atoms with van der Waals surface area (Å²) in [6.45, 7) is 8.18. The number of nitrogens with zero attached hydrogens (tertiary/aromatic N) is 4. The number of benzene rings is 1. The number of rotatable bonds is 7. The molecule has 0 spiro atoms. The Morgan fingerprint density at radius 1 is 1.17 bits per heavy atom. The predicted molar refractivity (Wildman–Crippen MR) is 116 cm³/mol. The number of nitrogens with one attached hydrogen (secondary N) is 2. The molecule has 1 aromatic carbocycles. The second-order valence-corrected chi connectivity index (χ2v) is 8.01. The third kappa shape index (κ3) is 4.18. The van der Waals surface area contributed by atoms with Crippen LogP contribution in [0.5, 0.6) is 11.8 Å². The zero-order valence-corrected chi connectivity index (χ0v) is 18.1. The van der Waals surface area contributed by atoms with Gasteiger partial charge in [-0.3, -0.25) is 0 Å². The minimum Gasteiger partial charge on any atom is -0.496 e. The second-order valence-electron chi connectivity index (χ2n) is 8.01. The molecule has 4 rings (SSSR count). The summed E-state index contributed by atoms with van der Waals surface area (Å²) >= 11 is 0. The molecule has 2 aromatic heterocycles. The van der Waals surface area contributed by atoms with Gasteiger partial charge in [0.15, 0.2) is 5.65 Å². The number of para-hydroxylation sites is 1. The number of hydrogen-bond acceptors (Lipinski definition) is 7. The van der Waals surface area contributed by atoms with Crippen molar-refractivity contribution in [3.05, 3.63) is 41.6 Å². The zero-order chi connectivity index (χ0) is 21.1. The van der Waals surface area contributed by atoms with E-state index in [0.29, 0.717) is 17.9 Å². The van der Waals surface area contributed by atoms with Gasteiger partial charge < -0.3 is 20.1 Å². The summed E-state index contributed by atoms with van der Waals surface area (Å²) in [6, 6.07) is 8.30. The van der Waals surface area contributed by atoms with Crippen LogP contribution in [-0.4, -0.2) is 45.9 Å². The topological polar surface area (TPSA) is 85.6 Å². The van der Waals surface area contributed by atoms with E-state index in [2.05, 4.69) is 41.5 Å². The first-order valence-corrected chi connectivity index (χ1v) is 10.6. The number of ether oxygens (including phenoxy) is 2. The first kappa shape index (κ1) is 20.4. The first-order chi connectivity index (χ1) is 14.6. The standard InChI is InChI=1S/C22H30N6O2/c1-14(2)18-13-24-28-20(18)26-22(30-16-8-7-11-23-12-16)27-21(28)25-15(3)17-9-5-6-10-19(17)29-4/h5-6,9-10,13-16,23H,7-8,11-12H2,1-4H3,(H,25,26,27)/t15-,16?/m0/s1. The molecule has 0 saturated carbocycles. The van der Waals surface area contributed by atoms with Crippen molar-refractivity contribution in [1.82, 2.24) is 24.9 Å². The van der Waals surface area contributed by atoms with Gasteiger partial charge >= 0.3 is 6.01 Å². The van der Waals surface area contributed by atoms with Crippen LogP contribution in [0.3, 0.4) is 0 Å². The fourth-order valence-electron chi connectivity index (χ4n) is 3.79. The maximum atomic E-state index is 6.15. The molecule has 1 saturated heterocycles. The number of hydrogen-bond donors (Lipinski definition) is 2. The monoisotopic (exact) mass is 410 g/mol. The molecule has 1 aliphatic heterocycles. The quantitative estimate of drug-likeness (QED) is 0.616. The molecule has 8 nitrogen and oxygen atoms in total. The van der Waals surface area contributed by atoms with E-state index >= 15 is 0 Å². The number of methoxy groups -OCH3 is 1. The minimum atomic E-state index is -0.0462. The summed E-state index contributed by atoms with van der Waals surface area (Å²) < 4.78 is 13.4. The maximum Gasteiger partial charge on any atom is 0.322 e. The Morgan fingerprint density at radius 2 is 2.00 bits per heavy atom. The third-order valence-corrected chi connectivity index (χ3v) is 5.47. The Hall–Kier alpha value is -2.87. The molecule has 2 N–H and O–H groups in total. The van der Waals surface area contributed by atoms with Crippen LogP contribution >= 0.6 is 0 Å². The molecule has 0 amide bonds. The lowest BCUT2D eigenvalue weighted by atomic mass is 10.1. The van der Waals surface area contributed by atoms with Crippen LogP contribution in [0.2, 0.25) is 0 Å². The van der Waals surface area contributed by atoms with Gasteiger partial charge in [-0.05, 0) is 38.3 Å². The van der Waals surface area contributed by atoms with Crippen molar-refractivity contribution in [3.63, 3.8) is 0 Å². The molecule has 3 aromatic rings. The van der Waals surface area contributed by atoms with Gasteiger partial charge in [0, 0.05) is 17.7 Å². The SMILES string of the molecule is COc1ccccc1[C@H](C)Nc1nc(OC2CCCNC2)nc2c(C(C)C)cnn12. The summed E-state index contributed by atoms with van der Waals surface area (Å²) in [6.07, 6.45) is 4.02. The lowest BCUT2D eigenvalue weighted by Crippen LogP contribution is -2.37. The van der Waals surface area contributed by atoms with Gasteiger partial charge in [-0.25, -0.2) is 0 Å². The number of anilines is 1. The van der Waals surface area contributed by atoms with E-state index in [4.69, 9.17) is 14.5 Å². The Balaban J connectivity index is 1.69. The molecule has 30 heavy (non-hydrogen) atoms. The van der Waals surface area contributed by atoms with E-state index < -0.39 is 0 Å².